The van der Waals surface area contributed by atoms with Crippen LogP contribution in [0.1, 0.15) is 12.8 Å². The fraction of sp³-hybridized carbons (Fsp3) is 0.818. The highest BCUT2D eigenvalue weighted by Gasteiger charge is 2.18. The minimum atomic E-state index is 0.427. The highest BCUT2D eigenvalue weighted by atomic mass is 16.5. The first-order valence-corrected chi connectivity index (χ1v) is 5.26. The minimum absolute atomic E-state index is 0.427. The lowest BCUT2D eigenvalue weighted by molar-refractivity contribution is 0.0320. The number of methoxy groups -OCH3 is 1. The number of nitrogens with zero attached hydrogens (tertiary/aromatic N) is 1. The summed E-state index contributed by atoms with van der Waals surface area (Å²) in [5.41, 5.74) is 0. The summed E-state index contributed by atoms with van der Waals surface area (Å²) in [6, 6.07) is 0. The van der Waals surface area contributed by atoms with Gasteiger partial charge in [0, 0.05) is 26.7 Å². The average Bonchev–Trinajstić information content (AvgIpc) is 2.25. The van der Waals surface area contributed by atoms with Gasteiger partial charge < -0.3 is 10.1 Å². The molecule has 1 rings (SSSR count). The molecule has 0 aromatic rings. The molecule has 0 aliphatic carbocycles. The van der Waals surface area contributed by atoms with Crippen LogP contribution in [0.5, 0.6) is 0 Å². The van der Waals surface area contributed by atoms with Crippen LogP contribution in [0, 0.1) is 12.3 Å². The number of likely N-dealkylation sites (tertiary alicyclic amines) is 1. The van der Waals surface area contributed by atoms with Gasteiger partial charge in [-0.15, -0.1) is 6.42 Å². The van der Waals surface area contributed by atoms with Crippen molar-refractivity contribution in [3.63, 3.8) is 0 Å². The highest BCUT2D eigenvalue weighted by Crippen LogP contribution is 2.11. The van der Waals surface area contributed by atoms with Gasteiger partial charge in [0.2, 0.25) is 0 Å². The molecule has 0 radical (unpaired) electrons. The van der Waals surface area contributed by atoms with Crippen LogP contribution in [-0.2, 0) is 4.74 Å². The molecule has 1 N–H and O–H groups in total. The van der Waals surface area contributed by atoms with Gasteiger partial charge in [0.15, 0.2) is 0 Å². The third kappa shape index (κ3) is 4.10. The van der Waals surface area contributed by atoms with Gasteiger partial charge in [0.1, 0.15) is 0 Å². The number of piperidine rings is 1. The first-order valence-electron chi connectivity index (χ1n) is 5.26. The maximum absolute atomic E-state index is 5.35. The van der Waals surface area contributed by atoms with Crippen LogP contribution in [0.25, 0.3) is 0 Å². The Balaban J connectivity index is 2.08. The fourth-order valence-corrected chi connectivity index (χ4v) is 1.81. The molecule has 1 aliphatic rings. The van der Waals surface area contributed by atoms with E-state index in [1.807, 2.05) is 0 Å². The van der Waals surface area contributed by atoms with E-state index in [0.717, 1.165) is 19.6 Å². The highest BCUT2D eigenvalue weighted by molar-refractivity contribution is 4.86. The number of rotatable bonds is 5. The van der Waals surface area contributed by atoms with Crippen molar-refractivity contribution in [3.05, 3.63) is 0 Å². The molecule has 14 heavy (non-hydrogen) atoms. The van der Waals surface area contributed by atoms with Crippen LogP contribution in [-0.4, -0.2) is 50.8 Å². The quantitative estimate of drug-likeness (QED) is 0.506. The molecule has 0 bridgehead atoms. The van der Waals surface area contributed by atoms with Crippen LogP contribution in [0.4, 0.5) is 0 Å². The number of hydrogen-bond acceptors (Lipinski definition) is 3. The molecule has 0 amide bonds. The van der Waals surface area contributed by atoms with E-state index in [1.165, 1.54) is 19.4 Å². The van der Waals surface area contributed by atoms with Crippen molar-refractivity contribution in [3.8, 4) is 12.3 Å². The topological polar surface area (TPSA) is 24.5 Å². The van der Waals surface area contributed by atoms with E-state index in [2.05, 4.69) is 16.1 Å². The van der Waals surface area contributed by atoms with E-state index in [0.29, 0.717) is 12.6 Å². The Labute approximate surface area is 86.8 Å². The largest absolute Gasteiger partial charge is 0.380 e. The monoisotopic (exact) mass is 196 g/mol. The van der Waals surface area contributed by atoms with Crippen molar-refractivity contribution in [1.82, 2.24) is 10.2 Å². The summed E-state index contributed by atoms with van der Waals surface area (Å²) in [6.45, 7) is 4.97. The van der Waals surface area contributed by atoms with Crippen LogP contribution in [0.2, 0.25) is 0 Å². The summed E-state index contributed by atoms with van der Waals surface area (Å²) in [5.74, 6) is 2.57. The molecule has 3 nitrogen and oxygen atoms in total. The zero-order valence-electron chi connectivity index (χ0n) is 8.96. The van der Waals surface area contributed by atoms with E-state index < -0.39 is 0 Å². The molecule has 80 valence electrons. The van der Waals surface area contributed by atoms with Gasteiger partial charge in [-0.05, 0) is 19.4 Å². The second-order valence-electron chi connectivity index (χ2n) is 3.68. The van der Waals surface area contributed by atoms with Crippen molar-refractivity contribution in [1.29, 1.82) is 0 Å². The minimum Gasteiger partial charge on any atom is -0.380 e. The lowest BCUT2D eigenvalue weighted by atomic mass is 10.1. The molecular formula is C11H20N2O. The summed E-state index contributed by atoms with van der Waals surface area (Å²) < 4.78 is 5.35. The Morgan fingerprint density at radius 3 is 3.21 bits per heavy atom. The molecule has 1 heterocycles. The molecule has 1 fully saturated rings. The van der Waals surface area contributed by atoms with Gasteiger partial charge in [-0.25, -0.2) is 0 Å². The van der Waals surface area contributed by atoms with E-state index in [4.69, 9.17) is 11.2 Å². The Hall–Kier alpha value is -0.560. The molecule has 0 spiro atoms. The van der Waals surface area contributed by atoms with Crippen LogP contribution in [0.3, 0.4) is 0 Å². The standard InChI is InChI=1S/C11H20N2O/c1-3-6-12-7-9-13-8-4-5-11(10-13)14-2/h1,11-12H,4-10H2,2H3. The molecule has 1 unspecified atom stereocenters. The van der Waals surface area contributed by atoms with Gasteiger partial charge in [0.25, 0.3) is 0 Å². The Morgan fingerprint density at radius 1 is 1.64 bits per heavy atom. The van der Waals surface area contributed by atoms with Gasteiger partial charge in [-0.1, -0.05) is 5.92 Å². The molecule has 1 saturated heterocycles. The average molecular weight is 196 g/mol. The summed E-state index contributed by atoms with van der Waals surface area (Å²) in [6.07, 6.45) is 8.02. The van der Waals surface area contributed by atoms with Gasteiger partial charge in [0.05, 0.1) is 12.6 Å². The van der Waals surface area contributed by atoms with E-state index >= 15 is 0 Å². The Morgan fingerprint density at radius 2 is 2.50 bits per heavy atom. The summed E-state index contributed by atoms with van der Waals surface area (Å²) >= 11 is 0. The lowest BCUT2D eigenvalue weighted by Gasteiger charge is -2.31. The van der Waals surface area contributed by atoms with Crippen molar-refractivity contribution in [2.75, 3.05) is 39.8 Å². The number of ether oxygens (including phenoxy) is 1. The predicted octanol–water partition coefficient (Wildman–Crippen LogP) is 0.320. The maximum atomic E-state index is 5.35. The summed E-state index contributed by atoms with van der Waals surface area (Å²) in [5, 5.41) is 3.20. The van der Waals surface area contributed by atoms with Gasteiger partial charge in [-0.2, -0.15) is 0 Å². The molecule has 3 heteroatoms. The van der Waals surface area contributed by atoms with Crippen LogP contribution in [0.15, 0.2) is 0 Å². The molecule has 1 aliphatic heterocycles. The number of nitrogens with one attached hydrogen (secondary N) is 1. The first kappa shape index (κ1) is 11.5. The van der Waals surface area contributed by atoms with E-state index in [1.54, 1.807) is 7.11 Å². The third-order valence-electron chi connectivity index (χ3n) is 2.63. The number of terminal acetylenes is 1. The van der Waals surface area contributed by atoms with Gasteiger partial charge in [-0.3, -0.25) is 4.90 Å². The van der Waals surface area contributed by atoms with Gasteiger partial charge >= 0.3 is 0 Å². The smallest absolute Gasteiger partial charge is 0.0698 e. The normalized spacial score (nSPS) is 23.3. The number of hydrogen-bond donors (Lipinski definition) is 1. The SMILES string of the molecule is C#CCNCCN1CCCC(OC)C1. The lowest BCUT2D eigenvalue weighted by Crippen LogP contribution is -2.42. The molecule has 0 aromatic carbocycles. The van der Waals surface area contributed by atoms with E-state index in [9.17, 15) is 0 Å². The fourth-order valence-electron chi connectivity index (χ4n) is 1.81. The third-order valence-corrected chi connectivity index (χ3v) is 2.63. The van der Waals surface area contributed by atoms with E-state index in [-0.39, 0.29) is 0 Å². The van der Waals surface area contributed by atoms with Crippen molar-refractivity contribution < 1.29 is 4.74 Å². The molecule has 1 atom stereocenters. The maximum Gasteiger partial charge on any atom is 0.0698 e. The van der Waals surface area contributed by atoms with Crippen molar-refractivity contribution in [2.45, 2.75) is 18.9 Å². The molecular weight excluding hydrogens is 176 g/mol. The summed E-state index contributed by atoms with van der Waals surface area (Å²) in [4.78, 5) is 2.43. The zero-order chi connectivity index (χ0) is 10.2. The van der Waals surface area contributed by atoms with Crippen LogP contribution >= 0.6 is 0 Å². The molecule has 0 aromatic heterocycles. The summed E-state index contributed by atoms with van der Waals surface area (Å²) in [7, 11) is 1.80. The predicted molar refractivity (Wildman–Crippen MR) is 58.2 cm³/mol. The Bertz CT molecular complexity index is 188. The second-order valence-corrected chi connectivity index (χ2v) is 3.68. The second kappa shape index (κ2) is 6.83. The van der Waals surface area contributed by atoms with Crippen LogP contribution < -0.4 is 5.32 Å². The Kier molecular flexibility index (Phi) is 5.62. The zero-order valence-corrected chi connectivity index (χ0v) is 8.96. The van der Waals surface area contributed by atoms with Crippen molar-refractivity contribution >= 4 is 0 Å². The molecule has 0 saturated carbocycles. The first-order chi connectivity index (χ1) is 6.86. The van der Waals surface area contributed by atoms with Crippen molar-refractivity contribution in [2.24, 2.45) is 0 Å².